The van der Waals surface area contributed by atoms with Gasteiger partial charge in [-0.25, -0.2) is 9.50 Å². The normalized spacial score (nSPS) is 15.2. The number of piperazine rings is 1. The number of nitrogens with zero attached hydrogens (tertiary/aromatic N) is 5. The first-order valence-corrected chi connectivity index (χ1v) is 8.03. The highest BCUT2D eigenvalue weighted by Gasteiger charge is 2.25. The minimum atomic E-state index is 0.0435. The van der Waals surface area contributed by atoms with Crippen molar-refractivity contribution in [1.29, 1.82) is 0 Å². The van der Waals surface area contributed by atoms with Crippen molar-refractivity contribution in [2.75, 3.05) is 31.1 Å². The highest BCUT2D eigenvalue weighted by molar-refractivity contribution is 5.95. The Morgan fingerprint density at radius 1 is 1.17 bits per heavy atom. The molecular formula is C17H19N5O2. The molecule has 7 heteroatoms. The van der Waals surface area contributed by atoms with Crippen molar-refractivity contribution in [1.82, 2.24) is 19.5 Å². The number of aryl methyl sites for hydroxylation is 2. The lowest BCUT2D eigenvalue weighted by Crippen LogP contribution is -2.49. The molecule has 1 fully saturated rings. The maximum absolute atomic E-state index is 12.6. The lowest BCUT2D eigenvalue weighted by molar-refractivity contribution is 0.0744. The molecule has 4 heterocycles. The number of hydrogen-bond acceptors (Lipinski definition) is 5. The molecule has 0 unspecified atom stereocenters. The van der Waals surface area contributed by atoms with E-state index in [1.54, 1.807) is 10.7 Å². The van der Waals surface area contributed by atoms with Crippen molar-refractivity contribution in [3.63, 3.8) is 0 Å². The highest BCUT2D eigenvalue weighted by atomic mass is 16.3. The van der Waals surface area contributed by atoms with Gasteiger partial charge in [-0.3, -0.25) is 4.79 Å². The predicted molar refractivity (Wildman–Crippen MR) is 89.3 cm³/mol. The van der Waals surface area contributed by atoms with Gasteiger partial charge in [-0.15, -0.1) is 5.10 Å². The Kier molecular flexibility index (Phi) is 3.48. The van der Waals surface area contributed by atoms with Crippen molar-refractivity contribution in [3.05, 3.63) is 47.7 Å². The number of furan rings is 1. The van der Waals surface area contributed by atoms with Crippen LogP contribution >= 0.6 is 0 Å². The van der Waals surface area contributed by atoms with Gasteiger partial charge in [0.25, 0.3) is 5.91 Å². The monoisotopic (exact) mass is 325 g/mol. The number of aromatic nitrogens is 3. The van der Waals surface area contributed by atoms with E-state index in [0.717, 1.165) is 30.3 Å². The number of rotatable bonds is 2. The van der Waals surface area contributed by atoms with Crippen LogP contribution in [0.1, 0.15) is 21.9 Å². The molecule has 0 bridgehead atoms. The van der Waals surface area contributed by atoms with Gasteiger partial charge in [0.2, 0.25) is 0 Å². The maximum atomic E-state index is 12.6. The second-order valence-corrected chi connectivity index (χ2v) is 6.03. The fourth-order valence-corrected chi connectivity index (χ4v) is 3.13. The van der Waals surface area contributed by atoms with Gasteiger partial charge >= 0.3 is 0 Å². The van der Waals surface area contributed by atoms with Gasteiger partial charge in [0.05, 0.1) is 5.56 Å². The fraction of sp³-hybridized carbons (Fsp3) is 0.353. The summed E-state index contributed by atoms with van der Waals surface area (Å²) in [7, 11) is 0. The first kappa shape index (κ1) is 14.7. The second kappa shape index (κ2) is 5.67. The van der Waals surface area contributed by atoms with Crippen LogP contribution in [0.5, 0.6) is 0 Å². The molecule has 0 saturated carbocycles. The maximum Gasteiger partial charge on any atom is 0.257 e. The van der Waals surface area contributed by atoms with E-state index in [-0.39, 0.29) is 5.91 Å². The molecule has 3 aromatic rings. The van der Waals surface area contributed by atoms with Gasteiger partial charge in [0.15, 0.2) is 5.65 Å². The Bertz CT molecular complexity index is 889. The van der Waals surface area contributed by atoms with Crippen molar-refractivity contribution in [2.24, 2.45) is 0 Å². The minimum Gasteiger partial charge on any atom is -0.466 e. The first-order valence-electron chi connectivity index (χ1n) is 8.03. The molecule has 0 N–H and O–H groups in total. The van der Waals surface area contributed by atoms with Crippen molar-refractivity contribution < 1.29 is 9.21 Å². The van der Waals surface area contributed by atoms with E-state index in [1.807, 2.05) is 43.1 Å². The summed E-state index contributed by atoms with van der Waals surface area (Å²) in [4.78, 5) is 20.9. The number of hydrogen-bond donors (Lipinski definition) is 0. The lowest BCUT2D eigenvalue weighted by Gasteiger charge is -2.35. The quantitative estimate of drug-likeness (QED) is 0.720. The summed E-state index contributed by atoms with van der Waals surface area (Å²) >= 11 is 0. The largest absolute Gasteiger partial charge is 0.466 e. The SMILES string of the molecule is Cc1cc(C(=O)N2CCN(c3ccc4nccn4n3)CC2)c(C)o1. The number of anilines is 1. The molecule has 4 rings (SSSR count). The molecule has 0 radical (unpaired) electrons. The second-order valence-electron chi connectivity index (χ2n) is 6.03. The van der Waals surface area contributed by atoms with Gasteiger partial charge < -0.3 is 14.2 Å². The highest BCUT2D eigenvalue weighted by Crippen LogP contribution is 2.19. The van der Waals surface area contributed by atoms with Crippen LogP contribution in [0.2, 0.25) is 0 Å². The van der Waals surface area contributed by atoms with E-state index in [4.69, 9.17) is 4.42 Å². The third-order valence-electron chi connectivity index (χ3n) is 4.40. The Balaban J connectivity index is 1.46. The Morgan fingerprint density at radius 3 is 2.67 bits per heavy atom. The van der Waals surface area contributed by atoms with Gasteiger partial charge in [-0.05, 0) is 32.0 Å². The minimum absolute atomic E-state index is 0.0435. The Morgan fingerprint density at radius 2 is 1.96 bits per heavy atom. The van der Waals surface area contributed by atoms with Gasteiger partial charge in [-0.1, -0.05) is 0 Å². The van der Waals surface area contributed by atoms with E-state index < -0.39 is 0 Å². The summed E-state index contributed by atoms with van der Waals surface area (Å²) in [5, 5.41) is 4.57. The summed E-state index contributed by atoms with van der Waals surface area (Å²) in [6.07, 6.45) is 3.57. The van der Waals surface area contributed by atoms with E-state index in [9.17, 15) is 4.79 Å². The number of carbonyl (C=O) groups excluding carboxylic acids is 1. The van der Waals surface area contributed by atoms with Crippen molar-refractivity contribution >= 4 is 17.4 Å². The standard InChI is InChI=1S/C17H19N5O2/c1-12-11-14(13(2)24-12)17(23)21-9-7-20(8-10-21)16-4-3-15-18-5-6-22(15)19-16/h3-6,11H,7-10H2,1-2H3. The summed E-state index contributed by atoms with van der Waals surface area (Å²) in [6.45, 7) is 6.56. The van der Waals surface area contributed by atoms with Crippen LogP contribution < -0.4 is 4.90 Å². The zero-order valence-electron chi connectivity index (χ0n) is 13.8. The molecule has 1 aliphatic rings. The van der Waals surface area contributed by atoms with Crippen LogP contribution in [-0.2, 0) is 0 Å². The molecule has 0 atom stereocenters. The zero-order chi connectivity index (χ0) is 16.7. The third-order valence-corrected chi connectivity index (χ3v) is 4.40. The topological polar surface area (TPSA) is 66.9 Å². The van der Waals surface area contributed by atoms with Gasteiger partial charge in [0.1, 0.15) is 17.3 Å². The van der Waals surface area contributed by atoms with Gasteiger partial charge in [-0.2, -0.15) is 0 Å². The molecule has 3 aromatic heterocycles. The van der Waals surface area contributed by atoms with Crippen LogP contribution in [0.15, 0.2) is 35.0 Å². The summed E-state index contributed by atoms with van der Waals surface area (Å²) in [6, 6.07) is 5.75. The van der Waals surface area contributed by atoms with E-state index in [2.05, 4.69) is 15.0 Å². The third kappa shape index (κ3) is 2.51. The van der Waals surface area contributed by atoms with Crippen molar-refractivity contribution in [3.8, 4) is 0 Å². The number of fused-ring (bicyclic) bond motifs is 1. The summed E-state index contributed by atoms with van der Waals surface area (Å²) < 4.78 is 7.24. The van der Waals surface area contributed by atoms with Crippen molar-refractivity contribution in [2.45, 2.75) is 13.8 Å². The molecule has 0 spiro atoms. The molecule has 7 nitrogen and oxygen atoms in total. The van der Waals surface area contributed by atoms with E-state index >= 15 is 0 Å². The summed E-state index contributed by atoms with van der Waals surface area (Å²) in [5.41, 5.74) is 1.50. The molecule has 1 saturated heterocycles. The van der Waals surface area contributed by atoms with Gasteiger partial charge in [0, 0.05) is 38.6 Å². The lowest BCUT2D eigenvalue weighted by atomic mass is 10.2. The fourth-order valence-electron chi connectivity index (χ4n) is 3.13. The number of carbonyl (C=O) groups is 1. The first-order chi connectivity index (χ1) is 11.6. The molecular weight excluding hydrogens is 306 g/mol. The predicted octanol–water partition coefficient (Wildman–Crippen LogP) is 1.90. The molecule has 124 valence electrons. The average Bonchev–Trinajstić information content (AvgIpc) is 3.19. The van der Waals surface area contributed by atoms with Crippen LogP contribution in [-0.4, -0.2) is 51.6 Å². The number of amides is 1. The van der Waals surface area contributed by atoms with Crippen LogP contribution in [0.4, 0.5) is 5.82 Å². The zero-order valence-corrected chi connectivity index (χ0v) is 13.8. The average molecular weight is 325 g/mol. The van der Waals surface area contributed by atoms with Crippen LogP contribution in [0, 0.1) is 13.8 Å². The number of imidazole rings is 1. The molecule has 0 aliphatic carbocycles. The smallest absolute Gasteiger partial charge is 0.257 e. The molecule has 24 heavy (non-hydrogen) atoms. The molecule has 1 aliphatic heterocycles. The van der Waals surface area contributed by atoms with Crippen LogP contribution in [0.3, 0.4) is 0 Å². The van der Waals surface area contributed by atoms with E-state index in [0.29, 0.717) is 24.4 Å². The Hall–Kier alpha value is -2.83. The molecule has 1 amide bonds. The summed E-state index contributed by atoms with van der Waals surface area (Å²) in [5.74, 6) is 2.41. The molecule has 0 aromatic carbocycles. The van der Waals surface area contributed by atoms with E-state index in [1.165, 1.54) is 0 Å². The Labute approximate surface area is 139 Å². The van der Waals surface area contributed by atoms with Crippen LogP contribution in [0.25, 0.3) is 5.65 Å².